The van der Waals surface area contributed by atoms with E-state index < -0.39 is 10.0 Å². The molecule has 1 aromatic carbocycles. The van der Waals surface area contributed by atoms with Crippen LogP contribution in [0.2, 0.25) is 0 Å². The smallest absolute Gasteiger partial charge is 0.251 e. The minimum atomic E-state index is -3.47. The van der Waals surface area contributed by atoms with E-state index in [1.54, 1.807) is 42.6 Å². The van der Waals surface area contributed by atoms with Gasteiger partial charge in [-0.05, 0) is 47.5 Å². The van der Waals surface area contributed by atoms with Crippen molar-refractivity contribution in [1.82, 2.24) is 9.71 Å². The van der Waals surface area contributed by atoms with Gasteiger partial charge >= 0.3 is 0 Å². The van der Waals surface area contributed by atoms with Crippen molar-refractivity contribution in [1.29, 1.82) is 0 Å². The third-order valence-electron chi connectivity index (χ3n) is 3.32. The van der Waals surface area contributed by atoms with Gasteiger partial charge in [0.05, 0.1) is 0 Å². The van der Waals surface area contributed by atoms with Crippen LogP contribution in [0.5, 0.6) is 0 Å². The zero-order valence-corrected chi connectivity index (χ0v) is 13.4. The number of aromatic nitrogens is 1. The van der Waals surface area contributed by atoms with E-state index in [2.05, 4.69) is 9.71 Å². The van der Waals surface area contributed by atoms with Crippen LogP contribution < -0.4 is 10.3 Å². The van der Waals surface area contributed by atoms with Crippen molar-refractivity contribution in [3.05, 3.63) is 63.3 Å². The van der Waals surface area contributed by atoms with E-state index in [1.807, 2.05) is 6.07 Å². The second kappa shape index (κ2) is 5.68. The number of fused-ring (bicyclic) bond motifs is 1. The zero-order chi connectivity index (χ0) is 15.7. The van der Waals surface area contributed by atoms with Crippen molar-refractivity contribution >= 4 is 32.3 Å². The lowest BCUT2D eigenvalue weighted by molar-refractivity contribution is 0.583. The number of rotatable bonds is 4. The topological polar surface area (TPSA) is 79.0 Å². The maximum Gasteiger partial charge on any atom is 0.251 e. The van der Waals surface area contributed by atoms with Crippen LogP contribution in [0.25, 0.3) is 10.9 Å². The lowest BCUT2D eigenvalue weighted by Crippen LogP contribution is -2.22. The van der Waals surface area contributed by atoms with Crippen molar-refractivity contribution in [3.63, 3.8) is 0 Å². The van der Waals surface area contributed by atoms with E-state index >= 15 is 0 Å². The lowest BCUT2D eigenvalue weighted by Gasteiger charge is -2.06. The Balaban J connectivity index is 1.86. The van der Waals surface area contributed by atoms with E-state index in [1.165, 1.54) is 11.3 Å². The summed E-state index contributed by atoms with van der Waals surface area (Å²) in [6.45, 7) is 1.94. The highest BCUT2D eigenvalue weighted by Gasteiger charge is 2.14. The molecule has 0 fully saturated rings. The number of hydrogen-bond acceptors (Lipinski definition) is 4. The van der Waals surface area contributed by atoms with Crippen LogP contribution in [-0.4, -0.2) is 13.4 Å². The van der Waals surface area contributed by atoms with Crippen molar-refractivity contribution in [2.75, 3.05) is 0 Å². The third-order valence-corrected chi connectivity index (χ3v) is 6.12. The summed E-state index contributed by atoms with van der Waals surface area (Å²) in [6.07, 6.45) is 0. The third kappa shape index (κ3) is 2.96. The van der Waals surface area contributed by atoms with Gasteiger partial charge in [-0.2, -0.15) is 0 Å². The molecule has 0 aliphatic rings. The average Bonchev–Trinajstić information content (AvgIpc) is 3.01. The fourth-order valence-corrected chi connectivity index (χ4v) is 4.20. The number of aryl methyl sites for hydroxylation is 1. The van der Waals surface area contributed by atoms with Crippen LogP contribution in [0, 0.1) is 6.92 Å². The van der Waals surface area contributed by atoms with Crippen molar-refractivity contribution in [3.8, 4) is 0 Å². The lowest BCUT2D eigenvalue weighted by atomic mass is 10.1. The van der Waals surface area contributed by atoms with Crippen LogP contribution in [0.15, 0.2) is 50.8 Å². The van der Waals surface area contributed by atoms with Crippen LogP contribution >= 0.6 is 11.3 Å². The first kappa shape index (κ1) is 15.0. The molecule has 0 bridgehead atoms. The van der Waals surface area contributed by atoms with Gasteiger partial charge in [0.2, 0.25) is 10.0 Å². The molecule has 7 heteroatoms. The Morgan fingerprint density at radius 1 is 1.23 bits per heavy atom. The van der Waals surface area contributed by atoms with Gasteiger partial charge in [-0.3, -0.25) is 4.79 Å². The fourth-order valence-electron chi connectivity index (χ4n) is 2.14. The summed E-state index contributed by atoms with van der Waals surface area (Å²) in [6, 6.07) is 10.5. The maximum absolute atomic E-state index is 12.1. The van der Waals surface area contributed by atoms with Gasteiger partial charge in [0.1, 0.15) is 4.21 Å². The highest BCUT2D eigenvalue weighted by molar-refractivity contribution is 7.91. The molecule has 3 rings (SSSR count). The van der Waals surface area contributed by atoms with Gasteiger partial charge in [0, 0.05) is 17.6 Å². The summed E-state index contributed by atoms with van der Waals surface area (Å²) in [5, 5.41) is 2.61. The minimum Gasteiger partial charge on any atom is -0.322 e. The second-order valence-electron chi connectivity index (χ2n) is 4.96. The Hall–Kier alpha value is -1.96. The Morgan fingerprint density at radius 3 is 2.77 bits per heavy atom. The van der Waals surface area contributed by atoms with Crippen LogP contribution in [0.1, 0.15) is 11.1 Å². The number of sulfonamides is 1. The molecule has 0 saturated carbocycles. The van der Waals surface area contributed by atoms with Gasteiger partial charge in [-0.1, -0.05) is 12.1 Å². The molecule has 2 aromatic heterocycles. The van der Waals surface area contributed by atoms with Crippen molar-refractivity contribution < 1.29 is 8.42 Å². The SMILES string of the molecule is Cc1cc2cc(CNS(=O)(=O)c3cccs3)ccc2[nH]c1=O. The van der Waals surface area contributed by atoms with E-state index in [0.29, 0.717) is 9.77 Å². The summed E-state index contributed by atoms with van der Waals surface area (Å²) in [7, 11) is -3.47. The van der Waals surface area contributed by atoms with E-state index in [-0.39, 0.29) is 12.1 Å². The molecule has 22 heavy (non-hydrogen) atoms. The van der Waals surface area contributed by atoms with Crippen molar-refractivity contribution in [2.45, 2.75) is 17.7 Å². The molecule has 114 valence electrons. The summed E-state index contributed by atoms with van der Waals surface area (Å²) in [5.41, 5.74) is 2.09. The molecular formula is C15H14N2O3S2. The number of aromatic amines is 1. The number of H-pyrrole nitrogens is 1. The predicted octanol–water partition coefficient (Wildman–Crippen LogP) is 2.38. The fraction of sp³-hybridized carbons (Fsp3) is 0.133. The van der Waals surface area contributed by atoms with E-state index in [9.17, 15) is 13.2 Å². The Labute approximate surface area is 131 Å². The largest absolute Gasteiger partial charge is 0.322 e. The molecule has 5 nitrogen and oxygen atoms in total. The van der Waals surface area contributed by atoms with Gasteiger partial charge < -0.3 is 4.98 Å². The quantitative estimate of drug-likeness (QED) is 0.769. The van der Waals surface area contributed by atoms with Crippen LogP contribution in [-0.2, 0) is 16.6 Å². The highest BCUT2D eigenvalue weighted by atomic mass is 32.2. The average molecular weight is 334 g/mol. The number of benzene rings is 1. The minimum absolute atomic E-state index is 0.112. The summed E-state index contributed by atoms with van der Waals surface area (Å²) < 4.78 is 27.0. The highest BCUT2D eigenvalue weighted by Crippen LogP contribution is 2.17. The Morgan fingerprint density at radius 2 is 2.05 bits per heavy atom. The van der Waals surface area contributed by atoms with Gasteiger partial charge in [-0.25, -0.2) is 13.1 Å². The summed E-state index contributed by atoms with van der Waals surface area (Å²) >= 11 is 1.18. The molecule has 0 radical (unpaired) electrons. The molecule has 0 aliphatic heterocycles. The Kier molecular flexibility index (Phi) is 3.86. The normalized spacial score (nSPS) is 11.9. The number of hydrogen-bond donors (Lipinski definition) is 2. The first-order chi connectivity index (χ1) is 10.5. The molecular weight excluding hydrogens is 320 g/mol. The first-order valence-corrected chi connectivity index (χ1v) is 8.98. The standard InChI is InChI=1S/C15H14N2O3S2/c1-10-7-12-8-11(4-5-13(12)17-15(10)18)9-16-22(19,20)14-3-2-6-21-14/h2-8,16H,9H2,1H3,(H,17,18). The molecule has 2 N–H and O–H groups in total. The molecule has 0 atom stereocenters. The van der Waals surface area contributed by atoms with E-state index in [0.717, 1.165) is 16.5 Å². The molecule has 3 aromatic rings. The molecule has 0 spiro atoms. The monoisotopic (exact) mass is 334 g/mol. The van der Waals surface area contributed by atoms with Gasteiger partial charge in [0.15, 0.2) is 0 Å². The number of nitrogens with one attached hydrogen (secondary N) is 2. The number of thiophene rings is 1. The van der Waals surface area contributed by atoms with Crippen LogP contribution in [0.4, 0.5) is 0 Å². The second-order valence-corrected chi connectivity index (χ2v) is 7.90. The number of pyridine rings is 1. The summed E-state index contributed by atoms with van der Waals surface area (Å²) in [5.74, 6) is 0. The molecule has 0 aliphatic carbocycles. The maximum atomic E-state index is 12.1. The first-order valence-electron chi connectivity index (χ1n) is 6.61. The Bertz CT molecular complexity index is 974. The molecule has 0 saturated heterocycles. The van der Waals surface area contributed by atoms with E-state index in [4.69, 9.17) is 0 Å². The van der Waals surface area contributed by atoms with Crippen LogP contribution in [0.3, 0.4) is 0 Å². The van der Waals surface area contributed by atoms with Gasteiger partial charge in [0.25, 0.3) is 5.56 Å². The van der Waals surface area contributed by atoms with Crippen molar-refractivity contribution in [2.24, 2.45) is 0 Å². The van der Waals surface area contributed by atoms with Gasteiger partial charge in [-0.15, -0.1) is 11.3 Å². The molecule has 2 heterocycles. The summed E-state index contributed by atoms with van der Waals surface area (Å²) in [4.78, 5) is 14.3. The predicted molar refractivity (Wildman–Crippen MR) is 87.7 cm³/mol. The zero-order valence-electron chi connectivity index (χ0n) is 11.8. The molecule has 0 amide bonds. The molecule has 0 unspecified atom stereocenters.